The van der Waals surface area contributed by atoms with Crippen LogP contribution in [0.15, 0.2) is 60.7 Å². The Balaban J connectivity index is 1.77. The van der Waals surface area contributed by atoms with E-state index in [0.29, 0.717) is 25.0 Å². The lowest BCUT2D eigenvalue weighted by molar-refractivity contribution is -0.137. The Bertz CT molecular complexity index is 749. The molecular formula is C22H24O3. The summed E-state index contributed by atoms with van der Waals surface area (Å²) in [6.07, 6.45) is 2.76. The predicted octanol–water partition coefficient (Wildman–Crippen LogP) is 4.87. The van der Waals surface area contributed by atoms with Gasteiger partial charge in [0.1, 0.15) is 12.4 Å². The van der Waals surface area contributed by atoms with E-state index in [4.69, 9.17) is 9.47 Å². The molecule has 0 unspecified atom stereocenters. The summed E-state index contributed by atoms with van der Waals surface area (Å²) in [6.45, 7) is 4.95. The Morgan fingerprint density at radius 3 is 2.60 bits per heavy atom. The van der Waals surface area contributed by atoms with Crippen molar-refractivity contribution in [1.29, 1.82) is 0 Å². The molecule has 0 spiro atoms. The lowest BCUT2D eigenvalue weighted by atomic mass is 9.99. The van der Waals surface area contributed by atoms with Crippen LogP contribution in [0.2, 0.25) is 0 Å². The Labute approximate surface area is 149 Å². The smallest absolute Gasteiger partial charge is 0.331 e. The fraction of sp³-hybridized carbons (Fsp3) is 0.318. The molecule has 0 saturated heterocycles. The highest BCUT2D eigenvalue weighted by molar-refractivity contribution is 5.92. The molecule has 1 saturated carbocycles. The molecule has 0 aromatic heterocycles. The second-order valence-corrected chi connectivity index (χ2v) is 6.47. The van der Waals surface area contributed by atoms with Crippen molar-refractivity contribution in [2.75, 3.05) is 6.61 Å². The molecule has 2 aromatic rings. The number of rotatable bonds is 7. The Hall–Kier alpha value is -2.55. The molecule has 0 aliphatic heterocycles. The van der Waals surface area contributed by atoms with Gasteiger partial charge in [-0.2, -0.15) is 0 Å². The van der Waals surface area contributed by atoms with Crippen molar-refractivity contribution in [3.63, 3.8) is 0 Å². The van der Waals surface area contributed by atoms with Gasteiger partial charge in [0.15, 0.2) is 0 Å². The van der Waals surface area contributed by atoms with Crippen LogP contribution in [0.1, 0.15) is 31.4 Å². The first kappa shape index (κ1) is 17.3. The van der Waals surface area contributed by atoms with Crippen molar-refractivity contribution >= 4 is 11.5 Å². The molecule has 1 fully saturated rings. The molecule has 2 atom stereocenters. The highest BCUT2D eigenvalue weighted by atomic mass is 16.5. The van der Waals surface area contributed by atoms with Crippen molar-refractivity contribution in [2.24, 2.45) is 11.8 Å². The summed E-state index contributed by atoms with van der Waals surface area (Å²) >= 11 is 0. The number of benzene rings is 2. The molecule has 25 heavy (non-hydrogen) atoms. The van der Waals surface area contributed by atoms with Gasteiger partial charge in [-0.25, -0.2) is 4.79 Å². The summed E-state index contributed by atoms with van der Waals surface area (Å²) in [5.74, 6) is 1.57. The maximum Gasteiger partial charge on any atom is 0.331 e. The minimum atomic E-state index is -0.271. The van der Waals surface area contributed by atoms with Crippen LogP contribution in [0.25, 0.3) is 5.57 Å². The summed E-state index contributed by atoms with van der Waals surface area (Å²) in [6, 6.07) is 18.1. The topological polar surface area (TPSA) is 35.5 Å². The molecule has 3 rings (SSSR count). The zero-order valence-electron chi connectivity index (χ0n) is 14.8. The third-order valence-electron chi connectivity index (χ3n) is 4.48. The molecule has 2 aromatic carbocycles. The number of esters is 1. The van der Waals surface area contributed by atoms with Gasteiger partial charge in [0.25, 0.3) is 0 Å². The molecule has 0 bridgehead atoms. The summed E-state index contributed by atoms with van der Waals surface area (Å²) in [5.41, 5.74) is 3.22. The fourth-order valence-corrected chi connectivity index (χ4v) is 2.98. The second-order valence-electron chi connectivity index (χ2n) is 6.47. The average molecular weight is 336 g/mol. The molecule has 1 aliphatic carbocycles. The maximum absolute atomic E-state index is 11.9. The molecule has 0 heterocycles. The van der Waals surface area contributed by atoms with E-state index in [1.165, 1.54) is 0 Å². The van der Waals surface area contributed by atoms with E-state index in [-0.39, 0.29) is 5.97 Å². The highest BCUT2D eigenvalue weighted by Crippen LogP contribution is 2.48. The van der Waals surface area contributed by atoms with Crippen LogP contribution in [-0.4, -0.2) is 12.6 Å². The van der Waals surface area contributed by atoms with Crippen molar-refractivity contribution in [1.82, 2.24) is 0 Å². The first-order valence-electron chi connectivity index (χ1n) is 8.83. The van der Waals surface area contributed by atoms with Crippen LogP contribution in [-0.2, 0) is 16.1 Å². The van der Waals surface area contributed by atoms with Gasteiger partial charge in [0, 0.05) is 6.08 Å². The number of ether oxygens (including phenoxy) is 2. The van der Waals surface area contributed by atoms with Crippen molar-refractivity contribution < 1.29 is 14.3 Å². The van der Waals surface area contributed by atoms with Crippen LogP contribution >= 0.6 is 0 Å². The largest absolute Gasteiger partial charge is 0.489 e. The lowest BCUT2D eigenvalue weighted by Crippen LogP contribution is -2.02. The lowest BCUT2D eigenvalue weighted by Gasteiger charge is -2.11. The van der Waals surface area contributed by atoms with Crippen LogP contribution in [0.3, 0.4) is 0 Å². The molecule has 1 aliphatic rings. The number of hydrogen-bond donors (Lipinski definition) is 0. The van der Waals surface area contributed by atoms with Gasteiger partial charge < -0.3 is 9.47 Å². The number of hydrogen-bond acceptors (Lipinski definition) is 3. The molecule has 3 nitrogen and oxygen atoms in total. The van der Waals surface area contributed by atoms with Gasteiger partial charge in [-0.3, -0.25) is 0 Å². The zero-order valence-corrected chi connectivity index (χ0v) is 14.8. The number of allylic oxidation sites excluding steroid dienone is 1. The van der Waals surface area contributed by atoms with E-state index in [1.807, 2.05) is 61.5 Å². The van der Waals surface area contributed by atoms with E-state index < -0.39 is 0 Å². The summed E-state index contributed by atoms with van der Waals surface area (Å²) in [7, 11) is 0. The Morgan fingerprint density at radius 1 is 1.16 bits per heavy atom. The van der Waals surface area contributed by atoms with Gasteiger partial charge in [0.05, 0.1) is 6.61 Å². The highest BCUT2D eigenvalue weighted by Gasteiger charge is 2.36. The van der Waals surface area contributed by atoms with E-state index >= 15 is 0 Å². The first-order chi connectivity index (χ1) is 12.2. The monoisotopic (exact) mass is 336 g/mol. The third-order valence-corrected chi connectivity index (χ3v) is 4.48. The van der Waals surface area contributed by atoms with Crippen molar-refractivity contribution in [2.45, 2.75) is 26.9 Å². The molecule has 130 valence electrons. The van der Waals surface area contributed by atoms with Crippen LogP contribution < -0.4 is 4.74 Å². The maximum atomic E-state index is 11.9. The normalized spacial score (nSPS) is 19.4. The molecular weight excluding hydrogens is 312 g/mol. The fourth-order valence-electron chi connectivity index (χ4n) is 2.98. The van der Waals surface area contributed by atoms with E-state index in [0.717, 1.165) is 28.9 Å². The van der Waals surface area contributed by atoms with Gasteiger partial charge in [0.2, 0.25) is 0 Å². The van der Waals surface area contributed by atoms with Crippen LogP contribution in [0, 0.1) is 11.8 Å². The molecule has 0 amide bonds. The number of carbonyl (C=O) groups excluding carboxylic acids is 1. The third kappa shape index (κ3) is 4.72. The van der Waals surface area contributed by atoms with Gasteiger partial charge in [-0.15, -0.1) is 0 Å². The minimum Gasteiger partial charge on any atom is -0.489 e. The van der Waals surface area contributed by atoms with Crippen molar-refractivity contribution in [3.05, 3.63) is 71.8 Å². The standard InChI is InChI=1S/C22H24O3/c1-3-24-22(23)14-21(20-12-16(20)2)18-10-7-11-19(13-18)25-15-17-8-5-4-6-9-17/h4-11,13-14,16,20H,3,12,15H2,1-2H3/b21-14-/t16-,20+/m0/s1. The second kappa shape index (κ2) is 8.02. The minimum absolute atomic E-state index is 0.271. The van der Waals surface area contributed by atoms with Crippen LogP contribution in [0.4, 0.5) is 0 Å². The van der Waals surface area contributed by atoms with Gasteiger partial charge >= 0.3 is 5.97 Å². The SMILES string of the molecule is CCOC(=O)/C=C(/c1cccc(OCc2ccccc2)c1)[C@@H]1C[C@@H]1C. The summed E-state index contributed by atoms with van der Waals surface area (Å²) in [5, 5.41) is 0. The van der Waals surface area contributed by atoms with E-state index in [1.54, 1.807) is 6.08 Å². The first-order valence-corrected chi connectivity index (χ1v) is 8.83. The average Bonchev–Trinajstić information content (AvgIpc) is 3.35. The van der Waals surface area contributed by atoms with Gasteiger partial charge in [-0.1, -0.05) is 49.4 Å². The predicted molar refractivity (Wildman–Crippen MR) is 99.1 cm³/mol. The van der Waals surface area contributed by atoms with E-state index in [9.17, 15) is 4.79 Å². The summed E-state index contributed by atoms with van der Waals surface area (Å²) in [4.78, 5) is 11.9. The molecule has 0 radical (unpaired) electrons. The molecule has 0 N–H and O–H groups in total. The van der Waals surface area contributed by atoms with E-state index in [2.05, 4.69) is 6.92 Å². The number of carbonyl (C=O) groups is 1. The quantitative estimate of drug-likeness (QED) is 0.534. The van der Waals surface area contributed by atoms with Gasteiger partial charge in [-0.05, 0) is 54.0 Å². The Morgan fingerprint density at radius 2 is 1.92 bits per heavy atom. The molecule has 3 heteroatoms. The zero-order chi connectivity index (χ0) is 17.6. The van der Waals surface area contributed by atoms with Crippen molar-refractivity contribution in [3.8, 4) is 5.75 Å². The Kier molecular flexibility index (Phi) is 5.54. The summed E-state index contributed by atoms with van der Waals surface area (Å²) < 4.78 is 11.0. The van der Waals surface area contributed by atoms with Crippen LogP contribution in [0.5, 0.6) is 5.75 Å².